The fourth-order valence-electron chi connectivity index (χ4n) is 2.64. The van der Waals surface area contributed by atoms with Crippen molar-refractivity contribution in [3.63, 3.8) is 0 Å². The van der Waals surface area contributed by atoms with E-state index in [9.17, 15) is 23.1 Å². The van der Waals surface area contributed by atoms with Gasteiger partial charge < -0.3 is 10.4 Å². The van der Waals surface area contributed by atoms with Crippen LogP contribution in [0.3, 0.4) is 0 Å². The summed E-state index contributed by atoms with van der Waals surface area (Å²) >= 11 is 0. The Morgan fingerprint density at radius 2 is 1.34 bits per heavy atom. The molecule has 0 aliphatic carbocycles. The van der Waals surface area contributed by atoms with Crippen molar-refractivity contribution in [1.29, 1.82) is 0 Å². The quantitative estimate of drug-likeness (QED) is 0.554. The van der Waals surface area contributed by atoms with E-state index >= 15 is 0 Å². The highest BCUT2D eigenvalue weighted by molar-refractivity contribution is 7.89. The summed E-state index contributed by atoms with van der Waals surface area (Å²) in [5, 5.41) is 12.1. The first kappa shape index (κ1) is 20.2. The van der Waals surface area contributed by atoms with Crippen LogP contribution in [0.5, 0.6) is 0 Å². The molecule has 0 saturated heterocycles. The third-order valence-electron chi connectivity index (χ3n) is 4.11. The molecule has 0 aliphatic heterocycles. The maximum Gasteiger partial charge on any atom is 0.326 e. The van der Waals surface area contributed by atoms with Crippen LogP contribution in [-0.4, -0.2) is 25.4 Å². The van der Waals surface area contributed by atoms with Crippen LogP contribution in [0.4, 0.5) is 5.69 Å². The summed E-state index contributed by atoms with van der Waals surface area (Å²) in [7, 11) is -4.09. The summed E-state index contributed by atoms with van der Waals surface area (Å²) in [6.07, 6.45) is 0. The lowest BCUT2D eigenvalue weighted by Crippen LogP contribution is -2.33. The van der Waals surface area contributed by atoms with E-state index in [0.29, 0.717) is 16.8 Å². The van der Waals surface area contributed by atoms with Gasteiger partial charge in [-0.3, -0.25) is 9.59 Å². The predicted octanol–water partition coefficient (Wildman–Crippen LogP) is 3.04. The summed E-state index contributed by atoms with van der Waals surface area (Å²) in [5.41, 5.74) is 1.20. The number of sulfonamides is 1. The first-order valence-corrected chi connectivity index (χ1v) is 10.1. The summed E-state index contributed by atoms with van der Waals surface area (Å²) < 4.78 is 27.4. The summed E-state index contributed by atoms with van der Waals surface area (Å²) in [6.45, 7) is 0. The minimum absolute atomic E-state index is 0.114. The molecule has 1 amide bonds. The number of amides is 1. The number of carboxylic acid groups (broad SMARTS) is 1. The number of carbonyl (C=O) groups excluding carboxylic acids is 1. The van der Waals surface area contributed by atoms with Crippen LogP contribution in [0.2, 0.25) is 0 Å². The van der Waals surface area contributed by atoms with E-state index in [1.807, 2.05) is 0 Å². The molecule has 3 N–H and O–H groups in total. The van der Waals surface area contributed by atoms with Crippen molar-refractivity contribution in [1.82, 2.24) is 4.72 Å². The van der Waals surface area contributed by atoms with Gasteiger partial charge in [-0.15, -0.1) is 0 Å². The zero-order valence-electron chi connectivity index (χ0n) is 15.1. The van der Waals surface area contributed by atoms with Gasteiger partial charge in [0.1, 0.15) is 6.04 Å². The Hall–Kier alpha value is -3.49. The second-order valence-corrected chi connectivity index (χ2v) is 7.86. The summed E-state index contributed by atoms with van der Waals surface area (Å²) in [6, 6.07) is 20.7. The topological polar surface area (TPSA) is 113 Å². The Labute approximate surface area is 168 Å². The van der Waals surface area contributed by atoms with E-state index in [1.54, 1.807) is 48.5 Å². The molecular formula is C21H18N2O5S. The molecule has 0 saturated carbocycles. The van der Waals surface area contributed by atoms with Gasteiger partial charge in [0.25, 0.3) is 5.91 Å². The fraction of sp³-hybridized carbons (Fsp3) is 0.0476. The normalized spacial score (nSPS) is 12.1. The average Bonchev–Trinajstić information content (AvgIpc) is 2.73. The number of anilines is 1. The van der Waals surface area contributed by atoms with Crippen LogP contribution in [0, 0.1) is 0 Å². The molecule has 0 aromatic heterocycles. The molecule has 3 aromatic rings. The maximum absolute atomic E-state index is 12.6. The van der Waals surface area contributed by atoms with Gasteiger partial charge in [-0.1, -0.05) is 48.5 Å². The van der Waals surface area contributed by atoms with E-state index in [4.69, 9.17) is 0 Å². The number of aliphatic carboxylic acids is 1. The largest absolute Gasteiger partial charge is 0.480 e. The molecule has 8 heteroatoms. The molecule has 0 spiro atoms. The number of hydrogen-bond donors (Lipinski definition) is 3. The van der Waals surface area contributed by atoms with Crippen LogP contribution >= 0.6 is 0 Å². The highest BCUT2D eigenvalue weighted by Gasteiger charge is 2.26. The number of carboxylic acids is 1. The lowest BCUT2D eigenvalue weighted by Gasteiger charge is -2.15. The molecule has 0 unspecified atom stereocenters. The molecule has 148 valence electrons. The molecule has 7 nitrogen and oxygen atoms in total. The van der Waals surface area contributed by atoms with Crippen molar-refractivity contribution >= 4 is 27.6 Å². The van der Waals surface area contributed by atoms with Crippen molar-refractivity contribution in [2.24, 2.45) is 0 Å². The van der Waals surface area contributed by atoms with Gasteiger partial charge in [0.15, 0.2) is 0 Å². The zero-order chi connectivity index (χ0) is 20.9. The standard InChI is InChI=1S/C21H18N2O5S/c24-20(16-9-5-2-6-10-16)22-17-11-13-18(14-12-17)29(27,28)23-19(21(25)26)15-7-3-1-4-8-15/h1-14,19,23H,(H,22,24)(H,25,26)/t19-/m0/s1. The summed E-state index contributed by atoms with van der Waals surface area (Å²) in [5.74, 6) is -1.64. The molecule has 3 rings (SSSR count). The lowest BCUT2D eigenvalue weighted by molar-refractivity contribution is -0.139. The fourth-order valence-corrected chi connectivity index (χ4v) is 3.82. The van der Waals surface area contributed by atoms with Gasteiger partial charge in [-0.2, -0.15) is 4.72 Å². The van der Waals surface area contributed by atoms with E-state index in [1.165, 1.54) is 36.4 Å². The van der Waals surface area contributed by atoms with Crippen LogP contribution < -0.4 is 10.0 Å². The Bertz CT molecular complexity index is 1100. The van der Waals surface area contributed by atoms with E-state index in [2.05, 4.69) is 10.0 Å². The third-order valence-corrected chi connectivity index (χ3v) is 5.55. The highest BCUT2D eigenvalue weighted by atomic mass is 32.2. The number of hydrogen-bond acceptors (Lipinski definition) is 4. The SMILES string of the molecule is O=C(Nc1ccc(S(=O)(=O)N[C@H](C(=O)O)c2ccccc2)cc1)c1ccccc1. The first-order chi connectivity index (χ1) is 13.9. The predicted molar refractivity (Wildman–Crippen MR) is 108 cm³/mol. The number of rotatable bonds is 7. The first-order valence-electron chi connectivity index (χ1n) is 8.63. The second kappa shape index (κ2) is 8.68. The highest BCUT2D eigenvalue weighted by Crippen LogP contribution is 2.19. The number of nitrogens with one attached hydrogen (secondary N) is 2. The molecule has 3 aromatic carbocycles. The monoisotopic (exact) mass is 410 g/mol. The molecule has 0 heterocycles. The smallest absolute Gasteiger partial charge is 0.326 e. The van der Waals surface area contributed by atoms with Gasteiger partial charge in [-0.25, -0.2) is 8.42 Å². The van der Waals surface area contributed by atoms with Gasteiger partial charge in [0.05, 0.1) is 4.90 Å². The molecule has 29 heavy (non-hydrogen) atoms. The minimum atomic E-state index is -4.09. The van der Waals surface area contributed by atoms with Gasteiger partial charge in [-0.05, 0) is 42.0 Å². The minimum Gasteiger partial charge on any atom is -0.480 e. The van der Waals surface area contributed by atoms with Crippen LogP contribution in [0.1, 0.15) is 22.0 Å². The van der Waals surface area contributed by atoms with Crippen LogP contribution in [-0.2, 0) is 14.8 Å². The Kier molecular flexibility index (Phi) is 6.06. The van der Waals surface area contributed by atoms with Gasteiger partial charge >= 0.3 is 5.97 Å². The number of carbonyl (C=O) groups is 2. The van der Waals surface area contributed by atoms with Crippen molar-refractivity contribution in [3.8, 4) is 0 Å². The average molecular weight is 410 g/mol. The second-order valence-electron chi connectivity index (χ2n) is 6.15. The molecule has 0 aliphatic rings. The molecule has 0 fully saturated rings. The zero-order valence-corrected chi connectivity index (χ0v) is 16.0. The van der Waals surface area contributed by atoms with Crippen molar-refractivity contribution in [2.45, 2.75) is 10.9 Å². The van der Waals surface area contributed by atoms with Gasteiger partial charge in [0.2, 0.25) is 10.0 Å². The number of benzene rings is 3. The molecule has 0 radical (unpaired) electrons. The molecular weight excluding hydrogens is 392 g/mol. The van der Waals surface area contributed by atoms with E-state index < -0.39 is 22.0 Å². The molecule has 0 bridgehead atoms. The van der Waals surface area contributed by atoms with Crippen molar-refractivity contribution in [3.05, 3.63) is 96.1 Å². The van der Waals surface area contributed by atoms with Crippen LogP contribution in [0.25, 0.3) is 0 Å². The van der Waals surface area contributed by atoms with E-state index in [-0.39, 0.29) is 10.8 Å². The summed E-state index contributed by atoms with van der Waals surface area (Å²) in [4.78, 5) is 23.6. The van der Waals surface area contributed by atoms with E-state index in [0.717, 1.165) is 0 Å². The Morgan fingerprint density at radius 3 is 1.90 bits per heavy atom. The maximum atomic E-state index is 12.6. The van der Waals surface area contributed by atoms with Gasteiger partial charge in [0, 0.05) is 11.3 Å². The van der Waals surface area contributed by atoms with Crippen molar-refractivity contribution in [2.75, 3.05) is 5.32 Å². The lowest BCUT2D eigenvalue weighted by atomic mass is 10.1. The van der Waals surface area contributed by atoms with Crippen molar-refractivity contribution < 1.29 is 23.1 Å². The van der Waals surface area contributed by atoms with Crippen LogP contribution in [0.15, 0.2) is 89.8 Å². The third kappa shape index (κ3) is 5.07. The Morgan fingerprint density at radius 1 is 0.793 bits per heavy atom. The molecule has 1 atom stereocenters. The Balaban J connectivity index is 1.75.